The largest absolute Gasteiger partial charge is 0.494 e. The van der Waals surface area contributed by atoms with Crippen molar-refractivity contribution in [3.8, 4) is 5.75 Å². The standard InChI is InChI=1S/C16H26N2O/c1-3-11-19-15-9-7-13(8-10-15)16(17)12-18(2)14-5-4-6-14/h7-10,14,16H,3-6,11-12,17H2,1-2H3. The molecular weight excluding hydrogens is 236 g/mol. The van der Waals surface area contributed by atoms with Gasteiger partial charge < -0.3 is 15.4 Å². The van der Waals surface area contributed by atoms with E-state index in [2.05, 4.69) is 31.0 Å². The zero-order valence-corrected chi connectivity index (χ0v) is 12.1. The van der Waals surface area contributed by atoms with Crippen molar-refractivity contribution in [2.45, 2.75) is 44.7 Å². The number of hydrogen-bond acceptors (Lipinski definition) is 3. The molecule has 1 atom stereocenters. The molecule has 0 radical (unpaired) electrons. The molecule has 0 saturated heterocycles. The number of nitrogens with two attached hydrogens (primary N) is 1. The number of rotatable bonds is 7. The maximum atomic E-state index is 6.28. The fraction of sp³-hybridized carbons (Fsp3) is 0.625. The van der Waals surface area contributed by atoms with Crippen LogP contribution in [-0.2, 0) is 0 Å². The summed E-state index contributed by atoms with van der Waals surface area (Å²) in [4.78, 5) is 2.40. The fourth-order valence-electron chi connectivity index (χ4n) is 2.42. The smallest absolute Gasteiger partial charge is 0.119 e. The van der Waals surface area contributed by atoms with Gasteiger partial charge in [-0.3, -0.25) is 0 Å². The Kier molecular flexibility index (Phi) is 5.23. The lowest BCUT2D eigenvalue weighted by molar-refractivity contribution is 0.152. The number of benzene rings is 1. The third kappa shape index (κ3) is 3.95. The second-order valence-electron chi connectivity index (χ2n) is 5.55. The van der Waals surface area contributed by atoms with Crippen LogP contribution in [0.2, 0.25) is 0 Å². The minimum absolute atomic E-state index is 0.0887. The number of hydrogen-bond donors (Lipinski definition) is 1. The van der Waals surface area contributed by atoms with Crippen LogP contribution in [0.1, 0.15) is 44.2 Å². The third-order valence-corrected chi connectivity index (χ3v) is 3.96. The summed E-state index contributed by atoms with van der Waals surface area (Å²) in [7, 11) is 2.18. The molecule has 1 saturated carbocycles. The van der Waals surface area contributed by atoms with Crippen molar-refractivity contribution >= 4 is 0 Å². The van der Waals surface area contributed by atoms with Crippen molar-refractivity contribution in [1.82, 2.24) is 4.90 Å². The predicted molar refractivity (Wildman–Crippen MR) is 79.4 cm³/mol. The van der Waals surface area contributed by atoms with Gasteiger partial charge in [-0.05, 0) is 44.0 Å². The van der Waals surface area contributed by atoms with Gasteiger partial charge in [-0.2, -0.15) is 0 Å². The summed E-state index contributed by atoms with van der Waals surface area (Å²) in [5.74, 6) is 0.935. The molecule has 1 fully saturated rings. The zero-order chi connectivity index (χ0) is 13.7. The minimum atomic E-state index is 0.0887. The van der Waals surface area contributed by atoms with Crippen molar-refractivity contribution < 1.29 is 4.74 Å². The Morgan fingerprint density at radius 2 is 2.00 bits per heavy atom. The summed E-state index contributed by atoms with van der Waals surface area (Å²) in [6.07, 6.45) is 5.06. The van der Waals surface area contributed by atoms with E-state index >= 15 is 0 Å². The van der Waals surface area contributed by atoms with Crippen LogP contribution in [0.25, 0.3) is 0 Å². The summed E-state index contributed by atoms with van der Waals surface area (Å²) in [5.41, 5.74) is 7.47. The molecule has 1 aromatic rings. The summed E-state index contributed by atoms with van der Waals surface area (Å²) < 4.78 is 5.58. The van der Waals surface area contributed by atoms with E-state index in [1.165, 1.54) is 24.8 Å². The average Bonchev–Trinajstić information content (AvgIpc) is 2.34. The summed E-state index contributed by atoms with van der Waals surface area (Å²) in [6, 6.07) is 9.06. The molecule has 0 heterocycles. The van der Waals surface area contributed by atoms with Crippen molar-refractivity contribution in [2.24, 2.45) is 5.73 Å². The first-order valence-electron chi connectivity index (χ1n) is 7.39. The molecule has 1 aliphatic rings. The van der Waals surface area contributed by atoms with Crippen LogP contribution in [0.4, 0.5) is 0 Å². The lowest BCUT2D eigenvalue weighted by atomic mass is 9.91. The maximum absolute atomic E-state index is 6.28. The van der Waals surface area contributed by atoms with Crippen LogP contribution < -0.4 is 10.5 Å². The minimum Gasteiger partial charge on any atom is -0.494 e. The van der Waals surface area contributed by atoms with Gasteiger partial charge in [0.25, 0.3) is 0 Å². The molecule has 19 heavy (non-hydrogen) atoms. The van der Waals surface area contributed by atoms with Crippen LogP contribution >= 0.6 is 0 Å². The van der Waals surface area contributed by atoms with Gasteiger partial charge in [0.15, 0.2) is 0 Å². The Bertz CT molecular complexity index is 373. The van der Waals surface area contributed by atoms with Gasteiger partial charge in [-0.1, -0.05) is 25.5 Å². The molecule has 0 aliphatic heterocycles. The van der Waals surface area contributed by atoms with Crippen LogP contribution in [-0.4, -0.2) is 31.1 Å². The SMILES string of the molecule is CCCOc1ccc(C(N)CN(C)C2CCC2)cc1. The highest BCUT2D eigenvalue weighted by Gasteiger charge is 2.23. The lowest BCUT2D eigenvalue weighted by Gasteiger charge is -2.36. The second kappa shape index (κ2) is 6.92. The Hall–Kier alpha value is -1.06. The zero-order valence-electron chi connectivity index (χ0n) is 12.1. The molecule has 1 aliphatic carbocycles. The van der Waals surface area contributed by atoms with Crippen LogP contribution in [0.15, 0.2) is 24.3 Å². The first-order chi connectivity index (χ1) is 9.20. The number of nitrogens with zero attached hydrogens (tertiary/aromatic N) is 1. The van der Waals surface area contributed by atoms with E-state index in [9.17, 15) is 0 Å². The van der Waals surface area contributed by atoms with Crippen LogP contribution in [0, 0.1) is 0 Å². The Morgan fingerprint density at radius 1 is 1.32 bits per heavy atom. The van der Waals surface area contributed by atoms with Crippen molar-refractivity contribution in [3.63, 3.8) is 0 Å². The van der Waals surface area contributed by atoms with E-state index in [0.29, 0.717) is 0 Å². The summed E-state index contributed by atoms with van der Waals surface area (Å²) in [6.45, 7) is 3.82. The van der Waals surface area contributed by atoms with E-state index in [4.69, 9.17) is 10.5 Å². The molecule has 106 valence electrons. The molecule has 0 spiro atoms. The monoisotopic (exact) mass is 262 g/mol. The molecular formula is C16H26N2O. The Labute approximate surface area is 116 Å². The van der Waals surface area contributed by atoms with Crippen molar-refractivity contribution in [2.75, 3.05) is 20.2 Å². The van der Waals surface area contributed by atoms with Gasteiger partial charge in [0.05, 0.1) is 6.61 Å². The summed E-state index contributed by atoms with van der Waals surface area (Å²) >= 11 is 0. The van der Waals surface area contributed by atoms with Crippen LogP contribution in [0.3, 0.4) is 0 Å². The van der Waals surface area contributed by atoms with E-state index in [-0.39, 0.29) is 6.04 Å². The predicted octanol–water partition coefficient (Wildman–Crippen LogP) is 2.96. The Morgan fingerprint density at radius 3 is 2.53 bits per heavy atom. The number of likely N-dealkylation sites (N-methyl/N-ethyl adjacent to an activating group) is 1. The van der Waals surface area contributed by atoms with Gasteiger partial charge in [0.2, 0.25) is 0 Å². The van der Waals surface area contributed by atoms with E-state index in [1.807, 2.05) is 12.1 Å². The quantitative estimate of drug-likeness (QED) is 0.821. The first-order valence-corrected chi connectivity index (χ1v) is 7.39. The van der Waals surface area contributed by atoms with Crippen molar-refractivity contribution in [1.29, 1.82) is 0 Å². The highest BCUT2D eigenvalue weighted by molar-refractivity contribution is 5.29. The molecule has 0 bridgehead atoms. The molecule has 2 rings (SSSR count). The second-order valence-corrected chi connectivity index (χ2v) is 5.55. The molecule has 3 nitrogen and oxygen atoms in total. The molecule has 0 aromatic heterocycles. The van der Waals surface area contributed by atoms with Gasteiger partial charge in [0.1, 0.15) is 5.75 Å². The topological polar surface area (TPSA) is 38.5 Å². The Balaban J connectivity index is 1.85. The molecule has 0 amide bonds. The first kappa shape index (κ1) is 14.4. The van der Waals surface area contributed by atoms with Gasteiger partial charge in [-0.25, -0.2) is 0 Å². The van der Waals surface area contributed by atoms with E-state index < -0.39 is 0 Å². The summed E-state index contributed by atoms with van der Waals surface area (Å²) in [5, 5.41) is 0. The van der Waals surface area contributed by atoms with Gasteiger partial charge in [-0.15, -0.1) is 0 Å². The lowest BCUT2D eigenvalue weighted by Crippen LogP contribution is -2.41. The third-order valence-electron chi connectivity index (χ3n) is 3.96. The van der Waals surface area contributed by atoms with E-state index in [0.717, 1.165) is 31.4 Å². The normalized spacial score (nSPS) is 17.3. The maximum Gasteiger partial charge on any atom is 0.119 e. The highest BCUT2D eigenvalue weighted by Crippen LogP contribution is 2.25. The van der Waals surface area contributed by atoms with E-state index in [1.54, 1.807) is 0 Å². The fourth-order valence-corrected chi connectivity index (χ4v) is 2.42. The van der Waals surface area contributed by atoms with Crippen molar-refractivity contribution in [3.05, 3.63) is 29.8 Å². The highest BCUT2D eigenvalue weighted by atomic mass is 16.5. The molecule has 3 heteroatoms. The molecule has 2 N–H and O–H groups in total. The average molecular weight is 262 g/mol. The molecule has 1 unspecified atom stereocenters. The van der Waals surface area contributed by atoms with Gasteiger partial charge in [0, 0.05) is 18.6 Å². The van der Waals surface area contributed by atoms with Crippen LogP contribution in [0.5, 0.6) is 5.75 Å². The van der Waals surface area contributed by atoms with Gasteiger partial charge >= 0.3 is 0 Å². The molecule has 1 aromatic carbocycles. The number of ether oxygens (including phenoxy) is 1.